The van der Waals surface area contributed by atoms with E-state index in [1.54, 1.807) is 22.7 Å². The molecule has 3 nitrogen and oxygen atoms in total. The Morgan fingerprint density at radius 2 is 2.16 bits per heavy atom. The quantitative estimate of drug-likeness (QED) is 0.870. The van der Waals surface area contributed by atoms with E-state index in [1.165, 1.54) is 14.6 Å². The summed E-state index contributed by atoms with van der Waals surface area (Å²) in [6, 6.07) is 8.29. The molecule has 19 heavy (non-hydrogen) atoms. The molecular formula is C14H18N2OS2. The fraction of sp³-hybridized carbons (Fsp3) is 0.357. The maximum atomic E-state index is 11.7. The standard InChI is InChI=1S/C14H18N2OS2/c1-10(8-12-4-3-7-18-12)16-14(17)15-9-13-6-5-11(2)19-13/h3-7,10H,8-9H2,1-2H3,(H2,15,16,17). The largest absolute Gasteiger partial charge is 0.335 e. The van der Waals surface area contributed by atoms with Crippen LogP contribution in [0.4, 0.5) is 4.79 Å². The Bertz CT molecular complexity index is 519. The molecule has 0 fully saturated rings. The molecule has 102 valence electrons. The Labute approximate surface area is 121 Å². The van der Waals surface area contributed by atoms with Crippen molar-refractivity contribution in [3.63, 3.8) is 0 Å². The van der Waals surface area contributed by atoms with Gasteiger partial charge in [0.1, 0.15) is 0 Å². The Morgan fingerprint density at radius 1 is 1.32 bits per heavy atom. The summed E-state index contributed by atoms with van der Waals surface area (Å²) in [5.41, 5.74) is 0. The number of thiophene rings is 2. The van der Waals surface area contributed by atoms with Gasteiger partial charge < -0.3 is 10.6 Å². The first kappa shape index (κ1) is 14.1. The van der Waals surface area contributed by atoms with Crippen LogP contribution in [-0.2, 0) is 13.0 Å². The van der Waals surface area contributed by atoms with Gasteiger partial charge in [-0.05, 0) is 37.4 Å². The van der Waals surface area contributed by atoms with E-state index in [9.17, 15) is 4.79 Å². The molecule has 1 unspecified atom stereocenters. The number of hydrogen-bond donors (Lipinski definition) is 2. The smallest absolute Gasteiger partial charge is 0.315 e. The monoisotopic (exact) mass is 294 g/mol. The number of carbonyl (C=O) groups excluding carboxylic acids is 1. The van der Waals surface area contributed by atoms with Crippen molar-refractivity contribution in [2.45, 2.75) is 32.9 Å². The molecule has 0 aliphatic carbocycles. The lowest BCUT2D eigenvalue weighted by Gasteiger charge is -2.13. The van der Waals surface area contributed by atoms with Crippen molar-refractivity contribution in [3.05, 3.63) is 44.3 Å². The molecule has 5 heteroatoms. The summed E-state index contributed by atoms with van der Waals surface area (Å²) in [6.07, 6.45) is 0.878. The van der Waals surface area contributed by atoms with Crippen molar-refractivity contribution in [2.24, 2.45) is 0 Å². The second-order valence-corrected chi connectivity index (χ2v) is 6.93. The number of carbonyl (C=O) groups is 1. The van der Waals surface area contributed by atoms with E-state index in [1.807, 2.05) is 13.0 Å². The van der Waals surface area contributed by atoms with E-state index in [2.05, 4.69) is 41.1 Å². The SMILES string of the molecule is Cc1ccc(CNC(=O)NC(C)Cc2cccs2)s1. The second-order valence-electron chi connectivity index (χ2n) is 4.52. The summed E-state index contributed by atoms with van der Waals surface area (Å²) in [6.45, 7) is 4.68. The lowest BCUT2D eigenvalue weighted by Crippen LogP contribution is -2.41. The molecule has 2 amide bonds. The van der Waals surface area contributed by atoms with Crippen molar-refractivity contribution >= 4 is 28.7 Å². The Hall–Kier alpha value is -1.33. The Kier molecular flexibility index (Phi) is 4.99. The van der Waals surface area contributed by atoms with Gasteiger partial charge in [0, 0.05) is 27.1 Å². The minimum absolute atomic E-state index is 0.102. The van der Waals surface area contributed by atoms with E-state index in [0.29, 0.717) is 6.54 Å². The van der Waals surface area contributed by atoms with Crippen LogP contribution in [0.2, 0.25) is 0 Å². The first-order chi connectivity index (χ1) is 9.13. The van der Waals surface area contributed by atoms with Gasteiger partial charge in [0.05, 0.1) is 6.54 Å². The van der Waals surface area contributed by atoms with Gasteiger partial charge in [0.25, 0.3) is 0 Å². The van der Waals surface area contributed by atoms with Crippen LogP contribution in [0.15, 0.2) is 29.6 Å². The number of aryl methyl sites for hydroxylation is 1. The molecule has 0 aliphatic heterocycles. The first-order valence-corrected chi connectivity index (χ1v) is 7.95. The minimum Gasteiger partial charge on any atom is -0.335 e. The van der Waals surface area contributed by atoms with Crippen molar-refractivity contribution in [2.75, 3.05) is 0 Å². The van der Waals surface area contributed by atoms with Crippen LogP contribution in [0, 0.1) is 6.92 Å². The molecule has 2 rings (SSSR count). The molecule has 2 aromatic heterocycles. The molecule has 0 aliphatic rings. The number of nitrogens with one attached hydrogen (secondary N) is 2. The van der Waals surface area contributed by atoms with Crippen molar-refractivity contribution in [3.8, 4) is 0 Å². The molecule has 2 N–H and O–H groups in total. The maximum Gasteiger partial charge on any atom is 0.315 e. The fourth-order valence-corrected chi connectivity index (χ4v) is 3.47. The summed E-state index contributed by atoms with van der Waals surface area (Å²) in [7, 11) is 0. The van der Waals surface area contributed by atoms with Crippen molar-refractivity contribution in [1.29, 1.82) is 0 Å². The number of amides is 2. The average molecular weight is 294 g/mol. The molecule has 0 radical (unpaired) electrons. The van der Waals surface area contributed by atoms with Crippen LogP contribution in [0.1, 0.15) is 21.6 Å². The van der Waals surface area contributed by atoms with E-state index in [4.69, 9.17) is 0 Å². The molecule has 1 atom stereocenters. The highest BCUT2D eigenvalue weighted by Crippen LogP contribution is 2.14. The lowest BCUT2D eigenvalue weighted by molar-refractivity contribution is 0.237. The van der Waals surface area contributed by atoms with Gasteiger partial charge in [0.15, 0.2) is 0 Å². The van der Waals surface area contributed by atoms with Crippen LogP contribution < -0.4 is 10.6 Å². The van der Waals surface area contributed by atoms with E-state index in [-0.39, 0.29) is 12.1 Å². The zero-order chi connectivity index (χ0) is 13.7. The highest BCUT2D eigenvalue weighted by atomic mass is 32.1. The molecule has 0 aromatic carbocycles. The van der Waals surface area contributed by atoms with Crippen LogP contribution >= 0.6 is 22.7 Å². The average Bonchev–Trinajstić information content (AvgIpc) is 2.98. The summed E-state index contributed by atoms with van der Waals surface area (Å²) < 4.78 is 0. The minimum atomic E-state index is -0.102. The number of rotatable bonds is 5. The van der Waals surface area contributed by atoms with E-state index < -0.39 is 0 Å². The first-order valence-electron chi connectivity index (χ1n) is 6.25. The summed E-state index contributed by atoms with van der Waals surface area (Å²) in [5, 5.41) is 7.90. The van der Waals surface area contributed by atoms with Crippen LogP contribution in [0.3, 0.4) is 0 Å². The van der Waals surface area contributed by atoms with Gasteiger partial charge >= 0.3 is 6.03 Å². The van der Waals surface area contributed by atoms with Crippen LogP contribution in [0.25, 0.3) is 0 Å². The fourth-order valence-electron chi connectivity index (χ4n) is 1.80. The normalized spacial score (nSPS) is 12.1. The maximum absolute atomic E-state index is 11.7. The van der Waals surface area contributed by atoms with Gasteiger partial charge in [-0.1, -0.05) is 6.07 Å². The zero-order valence-corrected chi connectivity index (χ0v) is 12.7. The van der Waals surface area contributed by atoms with Crippen LogP contribution in [-0.4, -0.2) is 12.1 Å². The van der Waals surface area contributed by atoms with Crippen LogP contribution in [0.5, 0.6) is 0 Å². The molecule has 0 bridgehead atoms. The van der Waals surface area contributed by atoms with Crippen molar-refractivity contribution in [1.82, 2.24) is 10.6 Å². The third-order valence-corrected chi connectivity index (χ3v) is 4.58. The Morgan fingerprint density at radius 3 is 2.79 bits per heavy atom. The third-order valence-electron chi connectivity index (χ3n) is 2.68. The highest BCUT2D eigenvalue weighted by molar-refractivity contribution is 7.11. The van der Waals surface area contributed by atoms with Crippen molar-refractivity contribution < 1.29 is 4.79 Å². The predicted octanol–water partition coefficient (Wildman–Crippen LogP) is 3.55. The van der Waals surface area contributed by atoms with Gasteiger partial charge in [-0.15, -0.1) is 22.7 Å². The summed E-state index contributed by atoms with van der Waals surface area (Å²) >= 11 is 3.43. The Balaban J connectivity index is 1.71. The predicted molar refractivity (Wildman–Crippen MR) is 81.9 cm³/mol. The second kappa shape index (κ2) is 6.73. The summed E-state index contributed by atoms with van der Waals surface area (Å²) in [4.78, 5) is 15.5. The van der Waals surface area contributed by atoms with Gasteiger partial charge in [-0.3, -0.25) is 0 Å². The van der Waals surface area contributed by atoms with Gasteiger partial charge in [0.2, 0.25) is 0 Å². The van der Waals surface area contributed by atoms with Gasteiger partial charge in [-0.25, -0.2) is 4.79 Å². The number of urea groups is 1. The topological polar surface area (TPSA) is 41.1 Å². The zero-order valence-electron chi connectivity index (χ0n) is 11.1. The van der Waals surface area contributed by atoms with Gasteiger partial charge in [-0.2, -0.15) is 0 Å². The molecular weight excluding hydrogens is 276 g/mol. The number of hydrogen-bond acceptors (Lipinski definition) is 3. The summed E-state index contributed by atoms with van der Waals surface area (Å²) in [5.74, 6) is 0. The molecule has 2 aromatic rings. The van der Waals surface area contributed by atoms with E-state index >= 15 is 0 Å². The highest BCUT2D eigenvalue weighted by Gasteiger charge is 2.08. The molecule has 2 heterocycles. The lowest BCUT2D eigenvalue weighted by atomic mass is 10.2. The molecule has 0 saturated heterocycles. The van der Waals surface area contributed by atoms with E-state index in [0.717, 1.165) is 6.42 Å². The molecule has 0 saturated carbocycles. The third kappa shape index (κ3) is 4.69. The molecule has 0 spiro atoms.